The molecular weight excluding hydrogens is 296 g/mol. The largest absolute Gasteiger partial charge is 0.354 e. The summed E-state index contributed by atoms with van der Waals surface area (Å²) >= 11 is 0. The fourth-order valence-electron chi connectivity index (χ4n) is 3.38. The molecule has 0 saturated heterocycles. The third kappa shape index (κ3) is 2.20. The van der Waals surface area contributed by atoms with Crippen molar-refractivity contribution >= 4 is 28.4 Å². The van der Waals surface area contributed by atoms with Crippen LogP contribution in [0.25, 0.3) is 9.69 Å². The molecule has 4 heteroatoms. The number of hydrogen-bond acceptors (Lipinski definition) is 2. The molecule has 3 rings (SSSR count). The fraction of sp³-hybridized carbons (Fsp3) is 0.300. The normalized spacial score (nSPS) is 15.9. The fourth-order valence-corrected chi connectivity index (χ4v) is 3.38. The van der Waals surface area contributed by atoms with Crippen molar-refractivity contribution in [1.29, 1.82) is 0 Å². The molecule has 0 spiro atoms. The molecule has 2 aromatic carbocycles. The Balaban J connectivity index is 2.28. The second kappa shape index (κ2) is 5.58. The highest BCUT2D eigenvalue weighted by Crippen LogP contribution is 2.49. The first kappa shape index (κ1) is 15.9. The van der Waals surface area contributed by atoms with Crippen LogP contribution >= 0.6 is 0 Å². The van der Waals surface area contributed by atoms with Gasteiger partial charge in [-0.05, 0) is 62.6 Å². The number of fused-ring (bicyclic) bond motifs is 1. The van der Waals surface area contributed by atoms with Crippen molar-refractivity contribution < 1.29 is 0 Å². The number of rotatable bonds is 1. The number of aryl methyl sites for hydroxylation is 2. The Morgan fingerprint density at radius 3 is 2.04 bits per heavy atom. The first-order valence-electron chi connectivity index (χ1n) is 7.92. The van der Waals surface area contributed by atoms with Gasteiger partial charge in [0.1, 0.15) is 6.17 Å². The van der Waals surface area contributed by atoms with E-state index in [1.165, 1.54) is 16.7 Å². The summed E-state index contributed by atoms with van der Waals surface area (Å²) in [6.07, 6.45) is 0.125. The summed E-state index contributed by atoms with van der Waals surface area (Å²) in [6, 6.07) is 8.08. The maximum absolute atomic E-state index is 7.38. The molecule has 0 bridgehead atoms. The van der Waals surface area contributed by atoms with Crippen LogP contribution in [-0.2, 0) is 0 Å². The first-order chi connectivity index (χ1) is 11.4. The van der Waals surface area contributed by atoms with Gasteiger partial charge in [0.25, 0.3) is 0 Å². The van der Waals surface area contributed by atoms with Crippen molar-refractivity contribution in [1.82, 2.24) is 0 Å². The zero-order chi connectivity index (χ0) is 17.6. The number of benzene rings is 2. The van der Waals surface area contributed by atoms with Crippen LogP contribution in [0.1, 0.15) is 23.6 Å². The van der Waals surface area contributed by atoms with E-state index in [4.69, 9.17) is 13.1 Å². The minimum atomic E-state index is 0.125. The van der Waals surface area contributed by atoms with Crippen LogP contribution in [0, 0.1) is 33.9 Å². The summed E-state index contributed by atoms with van der Waals surface area (Å²) in [5.41, 5.74) is 7.72. The topological polar surface area (TPSA) is 15.2 Å². The van der Waals surface area contributed by atoms with Gasteiger partial charge in [0.2, 0.25) is 0 Å². The van der Waals surface area contributed by atoms with Crippen molar-refractivity contribution in [2.75, 3.05) is 16.8 Å². The van der Waals surface area contributed by atoms with Crippen molar-refractivity contribution in [2.24, 2.45) is 0 Å². The monoisotopic (exact) mass is 316 g/mol. The molecule has 0 saturated carbocycles. The molecule has 1 heterocycles. The van der Waals surface area contributed by atoms with Crippen LogP contribution in [0.2, 0.25) is 0 Å². The third-order valence-electron chi connectivity index (χ3n) is 4.93. The lowest BCUT2D eigenvalue weighted by molar-refractivity contribution is 0.732. The van der Waals surface area contributed by atoms with E-state index in [1.807, 2.05) is 19.2 Å². The quantitative estimate of drug-likeness (QED) is 0.632. The van der Waals surface area contributed by atoms with E-state index in [0.29, 0.717) is 11.4 Å². The Morgan fingerprint density at radius 2 is 1.46 bits per heavy atom. The molecule has 1 aliphatic heterocycles. The van der Waals surface area contributed by atoms with Gasteiger partial charge in [0.15, 0.2) is 11.4 Å². The average molecular weight is 316 g/mol. The van der Waals surface area contributed by atoms with Crippen LogP contribution in [0.15, 0.2) is 24.3 Å². The highest BCUT2D eigenvalue weighted by Gasteiger charge is 2.33. The van der Waals surface area contributed by atoms with Crippen LogP contribution in [0.4, 0.5) is 28.4 Å². The van der Waals surface area contributed by atoms with Gasteiger partial charge in [-0.1, -0.05) is 6.07 Å². The van der Waals surface area contributed by atoms with E-state index < -0.39 is 0 Å². The maximum atomic E-state index is 7.38. The van der Waals surface area contributed by atoms with E-state index in [0.717, 1.165) is 17.1 Å². The Bertz CT molecular complexity index is 915. The van der Waals surface area contributed by atoms with E-state index >= 15 is 0 Å². The molecule has 0 radical (unpaired) electrons. The Morgan fingerprint density at radius 1 is 0.875 bits per heavy atom. The minimum absolute atomic E-state index is 0.125. The van der Waals surface area contributed by atoms with Crippen molar-refractivity contribution in [3.05, 3.63) is 63.8 Å². The molecule has 0 unspecified atom stereocenters. The van der Waals surface area contributed by atoms with Crippen LogP contribution in [0.3, 0.4) is 0 Å². The van der Waals surface area contributed by atoms with Gasteiger partial charge in [-0.2, -0.15) is 0 Å². The Kier molecular flexibility index (Phi) is 3.70. The molecular formula is C20H20N4. The SMILES string of the molecule is [C-]#[N+]c1cc2c(cc1[N+]#[C-])N(c1cc(C)cc(C)c1C)[C@@H](C)N2C. The Labute approximate surface area is 143 Å². The molecule has 1 atom stereocenters. The summed E-state index contributed by atoms with van der Waals surface area (Å²) < 4.78 is 0. The molecule has 4 nitrogen and oxygen atoms in total. The van der Waals surface area contributed by atoms with Gasteiger partial charge in [-0.3, -0.25) is 9.69 Å². The van der Waals surface area contributed by atoms with Gasteiger partial charge < -0.3 is 9.80 Å². The van der Waals surface area contributed by atoms with Crippen molar-refractivity contribution in [3.8, 4) is 0 Å². The molecule has 1 aliphatic rings. The zero-order valence-corrected chi connectivity index (χ0v) is 14.7. The van der Waals surface area contributed by atoms with E-state index in [2.05, 4.69) is 59.3 Å². The summed E-state index contributed by atoms with van der Waals surface area (Å²) in [5, 5.41) is 0. The smallest absolute Gasteiger partial charge is 0.196 e. The van der Waals surface area contributed by atoms with E-state index in [9.17, 15) is 0 Å². The van der Waals surface area contributed by atoms with Gasteiger partial charge in [-0.25, -0.2) is 0 Å². The van der Waals surface area contributed by atoms with Gasteiger partial charge in [-0.15, -0.1) is 0 Å². The summed E-state index contributed by atoms with van der Waals surface area (Å²) in [7, 11) is 2.03. The first-order valence-corrected chi connectivity index (χ1v) is 7.92. The maximum Gasteiger partial charge on any atom is 0.196 e. The molecule has 0 fully saturated rings. The predicted octanol–water partition coefficient (Wildman–Crippen LogP) is 5.65. The lowest BCUT2D eigenvalue weighted by atomic mass is 10.0. The standard InChI is InChI=1S/C20H20N4/c1-12-8-13(2)14(3)18(9-12)24-15(4)23(7)19-10-16(21-5)17(22-6)11-20(19)24/h8-11,15H,1-4,7H3/t15-/m0/s1. The van der Waals surface area contributed by atoms with E-state index in [1.54, 1.807) is 0 Å². The highest BCUT2D eigenvalue weighted by atomic mass is 15.4. The second-order valence-electron chi connectivity index (χ2n) is 6.39. The van der Waals surface area contributed by atoms with Crippen LogP contribution < -0.4 is 9.80 Å². The third-order valence-corrected chi connectivity index (χ3v) is 4.93. The van der Waals surface area contributed by atoms with Crippen molar-refractivity contribution in [3.63, 3.8) is 0 Å². The lowest BCUT2D eigenvalue weighted by Crippen LogP contribution is -2.36. The summed E-state index contributed by atoms with van der Waals surface area (Å²) in [4.78, 5) is 11.5. The molecule has 2 aromatic rings. The van der Waals surface area contributed by atoms with Gasteiger partial charge in [0, 0.05) is 18.4 Å². The molecule has 0 amide bonds. The zero-order valence-electron chi connectivity index (χ0n) is 14.7. The van der Waals surface area contributed by atoms with Gasteiger partial charge >= 0.3 is 0 Å². The van der Waals surface area contributed by atoms with Crippen LogP contribution in [-0.4, -0.2) is 13.2 Å². The molecule has 0 aliphatic carbocycles. The van der Waals surface area contributed by atoms with Crippen LogP contribution in [0.5, 0.6) is 0 Å². The number of anilines is 3. The highest BCUT2D eigenvalue weighted by molar-refractivity contribution is 5.92. The molecule has 0 aromatic heterocycles. The molecule has 24 heavy (non-hydrogen) atoms. The van der Waals surface area contributed by atoms with Gasteiger partial charge in [0.05, 0.1) is 18.8 Å². The minimum Gasteiger partial charge on any atom is -0.354 e. The Hall–Kier alpha value is -2.98. The number of hydrogen-bond donors (Lipinski definition) is 0. The average Bonchev–Trinajstić information content (AvgIpc) is 2.80. The second-order valence-corrected chi connectivity index (χ2v) is 6.39. The summed E-state index contributed by atoms with van der Waals surface area (Å²) in [6.45, 7) is 23.2. The summed E-state index contributed by atoms with van der Waals surface area (Å²) in [5.74, 6) is 0. The van der Waals surface area contributed by atoms with Crippen molar-refractivity contribution in [2.45, 2.75) is 33.9 Å². The predicted molar refractivity (Wildman–Crippen MR) is 99.6 cm³/mol. The lowest BCUT2D eigenvalue weighted by Gasteiger charge is -2.30. The molecule has 120 valence electrons. The molecule has 0 N–H and O–H groups in total. The number of nitrogens with zero attached hydrogens (tertiary/aromatic N) is 4. The van der Waals surface area contributed by atoms with E-state index in [-0.39, 0.29) is 6.17 Å².